The molecule has 0 aliphatic carbocycles. The van der Waals surface area contributed by atoms with Crippen LogP contribution < -0.4 is 0 Å². The van der Waals surface area contributed by atoms with Crippen molar-refractivity contribution in [2.45, 2.75) is 6.61 Å². The molecule has 0 radical (unpaired) electrons. The number of carboxylic acid groups (broad SMARTS) is 1. The Balaban J connectivity index is 2.50. The Labute approximate surface area is 109 Å². The maximum Gasteiger partial charge on any atom is 0.335 e. The third-order valence-electron chi connectivity index (χ3n) is 2.68. The summed E-state index contributed by atoms with van der Waals surface area (Å²) in [6.07, 6.45) is 0. The molecule has 2 N–H and O–H groups in total. The van der Waals surface area contributed by atoms with Gasteiger partial charge in [-0.3, -0.25) is 0 Å². The number of carboxylic acids is 1. The lowest BCUT2D eigenvalue weighted by Crippen LogP contribution is -1.99. The summed E-state index contributed by atoms with van der Waals surface area (Å²) in [6, 6.07) is 11.9. The molecule has 4 heteroatoms. The molecule has 0 saturated heterocycles. The molecule has 0 bridgehead atoms. The van der Waals surface area contributed by atoms with Gasteiger partial charge in [0.15, 0.2) is 0 Å². The van der Waals surface area contributed by atoms with Crippen molar-refractivity contribution in [2.75, 3.05) is 0 Å². The zero-order valence-corrected chi connectivity index (χ0v) is 10.2. The number of benzene rings is 2. The van der Waals surface area contributed by atoms with E-state index in [2.05, 4.69) is 0 Å². The number of aliphatic hydroxyl groups is 1. The SMILES string of the molecule is O=C(O)c1ccc(-c2ccc(Cl)cc2)c(CO)c1. The van der Waals surface area contributed by atoms with Gasteiger partial charge in [0.1, 0.15) is 0 Å². The minimum absolute atomic E-state index is 0.164. The van der Waals surface area contributed by atoms with Crippen molar-refractivity contribution in [1.29, 1.82) is 0 Å². The highest BCUT2D eigenvalue weighted by atomic mass is 35.5. The lowest BCUT2D eigenvalue weighted by atomic mass is 9.98. The van der Waals surface area contributed by atoms with Crippen molar-refractivity contribution in [1.82, 2.24) is 0 Å². The predicted octanol–water partition coefficient (Wildman–Crippen LogP) is 3.20. The van der Waals surface area contributed by atoms with E-state index in [0.29, 0.717) is 10.6 Å². The lowest BCUT2D eigenvalue weighted by Gasteiger charge is -2.09. The Morgan fingerprint density at radius 2 is 1.78 bits per heavy atom. The van der Waals surface area contributed by atoms with E-state index in [1.54, 1.807) is 18.2 Å². The molecule has 2 aromatic carbocycles. The summed E-state index contributed by atoms with van der Waals surface area (Å²) in [5, 5.41) is 18.9. The smallest absolute Gasteiger partial charge is 0.335 e. The Bertz CT molecular complexity index is 576. The van der Waals surface area contributed by atoms with Crippen molar-refractivity contribution in [3.63, 3.8) is 0 Å². The Morgan fingerprint density at radius 3 is 2.33 bits per heavy atom. The van der Waals surface area contributed by atoms with Crippen LogP contribution in [-0.2, 0) is 6.61 Å². The van der Waals surface area contributed by atoms with Gasteiger partial charge in [-0.05, 0) is 41.0 Å². The van der Waals surface area contributed by atoms with Crippen molar-refractivity contribution in [3.05, 3.63) is 58.6 Å². The molecule has 3 nitrogen and oxygen atoms in total. The van der Waals surface area contributed by atoms with Crippen LogP contribution in [-0.4, -0.2) is 16.2 Å². The van der Waals surface area contributed by atoms with Crippen LogP contribution >= 0.6 is 11.6 Å². The zero-order valence-electron chi connectivity index (χ0n) is 9.43. The van der Waals surface area contributed by atoms with Crippen molar-refractivity contribution < 1.29 is 15.0 Å². The average molecular weight is 263 g/mol. The minimum atomic E-state index is -1.01. The van der Waals surface area contributed by atoms with Crippen LogP contribution in [0.4, 0.5) is 0 Å². The van der Waals surface area contributed by atoms with Gasteiger partial charge in [-0.15, -0.1) is 0 Å². The quantitative estimate of drug-likeness (QED) is 0.893. The topological polar surface area (TPSA) is 57.5 Å². The molecule has 2 aromatic rings. The van der Waals surface area contributed by atoms with Crippen LogP contribution in [0.1, 0.15) is 15.9 Å². The number of hydrogen-bond donors (Lipinski definition) is 2. The highest BCUT2D eigenvalue weighted by Gasteiger charge is 2.09. The maximum atomic E-state index is 10.9. The Morgan fingerprint density at radius 1 is 1.11 bits per heavy atom. The molecular formula is C14H11ClO3. The number of hydrogen-bond acceptors (Lipinski definition) is 2. The van der Waals surface area contributed by atoms with Crippen molar-refractivity contribution in [3.8, 4) is 11.1 Å². The van der Waals surface area contributed by atoms with Gasteiger partial charge in [0, 0.05) is 5.02 Å². The van der Waals surface area contributed by atoms with Crippen molar-refractivity contribution in [2.24, 2.45) is 0 Å². The summed E-state index contributed by atoms with van der Waals surface area (Å²) in [7, 11) is 0. The summed E-state index contributed by atoms with van der Waals surface area (Å²) in [5.74, 6) is -1.01. The molecule has 0 atom stereocenters. The molecule has 0 unspecified atom stereocenters. The average Bonchev–Trinajstić information content (AvgIpc) is 2.39. The van der Waals surface area contributed by atoms with E-state index in [1.807, 2.05) is 12.1 Å². The first-order chi connectivity index (χ1) is 8.61. The number of aliphatic hydroxyl groups excluding tert-OH is 1. The molecular weight excluding hydrogens is 252 g/mol. The van der Waals surface area contributed by atoms with Crippen LogP contribution in [0.5, 0.6) is 0 Å². The Hall–Kier alpha value is -1.84. The van der Waals surface area contributed by atoms with Gasteiger partial charge in [0.25, 0.3) is 0 Å². The second-order valence-electron chi connectivity index (χ2n) is 3.84. The van der Waals surface area contributed by atoms with E-state index in [1.165, 1.54) is 12.1 Å². The maximum absolute atomic E-state index is 10.9. The molecule has 18 heavy (non-hydrogen) atoms. The number of aromatic carboxylic acids is 1. The van der Waals surface area contributed by atoms with E-state index >= 15 is 0 Å². The fourth-order valence-electron chi connectivity index (χ4n) is 1.77. The molecule has 0 saturated carbocycles. The summed E-state index contributed by atoms with van der Waals surface area (Å²) < 4.78 is 0. The zero-order chi connectivity index (χ0) is 13.1. The monoisotopic (exact) mass is 262 g/mol. The van der Waals surface area contributed by atoms with Gasteiger partial charge in [0.2, 0.25) is 0 Å². The van der Waals surface area contributed by atoms with E-state index in [-0.39, 0.29) is 12.2 Å². The molecule has 0 aliphatic rings. The third-order valence-corrected chi connectivity index (χ3v) is 2.93. The van der Waals surface area contributed by atoms with Crippen LogP contribution in [0.2, 0.25) is 5.02 Å². The first kappa shape index (κ1) is 12.6. The van der Waals surface area contributed by atoms with Gasteiger partial charge < -0.3 is 10.2 Å². The normalized spacial score (nSPS) is 10.3. The highest BCUT2D eigenvalue weighted by Crippen LogP contribution is 2.26. The predicted molar refractivity (Wildman–Crippen MR) is 69.8 cm³/mol. The molecule has 0 fully saturated rings. The number of carbonyl (C=O) groups is 1. The first-order valence-corrected chi connectivity index (χ1v) is 5.72. The molecule has 0 aliphatic heterocycles. The standard InChI is InChI=1S/C14H11ClO3/c15-12-4-1-9(2-5-12)13-6-3-10(14(17)18)7-11(13)8-16/h1-7,16H,8H2,(H,17,18). The van der Waals surface area contributed by atoms with E-state index in [0.717, 1.165) is 11.1 Å². The second kappa shape index (κ2) is 5.21. The summed E-state index contributed by atoms with van der Waals surface area (Å²) >= 11 is 5.81. The summed E-state index contributed by atoms with van der Waals surface area (Å²) in [5.41, 5.74) is 2.44. The van der Waals surface area contributed by atoms with Gasteiger partial charge >= 0.3 is 5.97 Å². The fraction of sp³-hybridized carbons (Fsp3) is 0.0714. The number of rotatable bonds is 3. The molecule has 0 amide bonds. The van der Waals surface area contributed by atoms with E-state index < -0.39 is 5.97 Å². The van der Waals surface area contributed by atoms with Gasteiger partial charge in [-0.2, -0.15) is 0 Å². The third kappa shape index (κ3) is 2.53. The van der Waals surface area contributed by atoms with Crippen LogP contribution in [0, 0.1) is 0 Å². The molecule has 0 spiro atoms. The van der Waals surface area contributed by atoms with Crippen LogP contribution in [0.3, 0.4) is 0 Å². The largest absolute Gasteiger partial charge is 0.478 e. The molecule has 92 valence electrons. The molecule has 0 heterocycles. The Kier molecular flexibility index (Phi) is 3.65. The fourth-order valence-corrected chi connectivity index (χ4v) is 1.89. The second-order valence-corrected chi connectivity index (χ2v) is 4.28. The highest BCUT2D eigenvalue weighted by molar-refractivity contribution is 6.30. The van der Waals surface area contributed by atoms with Gasteiger partial charge in [-0.1, -0.05) is 29.8 Å². The van der Waals surface area contributed by atoms with Gasteiger partial charge in [0.05, 0.1) is 12.2 Å². The van der Waals surface area contributed by atoms with Gasteiger partial charge in [-0.25, -0.2) is 4.79 Å². The van der Waals surface area contributed by atoms with Crippen molar-refractivity contribution >= 4 is 17.6 Å². The van der Waals surface area contributed by atoms with E-state index in [9.17, 15) is 9.90 Å². The lowest BCUT2D eigenvalue weighted by molar-refractivity contribution is 0.0696. The van der Waals surface area contributed by atoms with Crippen LogP contribution in [0.15, 0.2) is 42.5 Å². The minimum Gasteiger partial charge on any atom is -0.478 e. The molecule has 2 rings (SSSR count). The van der Waals surface area contributed by atoms with Crippen LogP contribution in [0.25, 0.3) is 11.1 Å². The summed E-state index contributed by atoms with van der Waals surface area (Å²) in [4.78, 5) is 10.9. The molecule has 0 aromatic heterocycles. The van der Waals surface area contributed by atoms with E-state index in [4.69, 9.17) is 16.7 Å². The summed E-state index contributed by atoms with van der Waals surface area (Å²) in [6.45, 7) is -0.209. The number of halogens is 1. The first-order valence-electron chi connectivity index (χ1n) is 5.35.